The SMILES string of the molecule is COc1ccc(CCNC(=O)c2ccnc(CNC(C)=O)c2)cc1. The predicted molar refractivity (Wildman–Crippen MR) is 90.8 cm³/mol. The zero-order valence-corrected chi connectivity index (χ0v) is 13.8. The van der Waals surface area contributed by atoms with Gasteiger partial charge in [0.2, 0.25) is 5.91 Å². The number of carbonyl (C=O) groups is 2. The van der Waals surface area contributed by atoms with Crippen molar-refractivity contribution in [3.63, 3.8) is 0 Å². The molecule has 6 heteroatoms. The lowest BCUT2D eigenvalue weighted by Crippen LogP contribution is -2.26. The maximum Gasteiger partial charge on any atom is 0.251 e. The minimum Gasteiger partial charge on any atom is -0.497 e. The van der Waals surface area contributed by atoms with Crippen LogP contribution >= 0.6 is 0 Å². The molecule has 24 heavy (non-hydrogen) atoms. The number of amides is 2. The zero-order valence-electron chi connectivity index (χ0n) is 13.8. The molecule has 0 saturated heterocycles. The van der Waals surface area contributed by atoms with Crippen molar-refractivity contribution in [2.45, 2.75) is 19.9 Å². The van der Waals surface area contributed by atoms with Crippen molar-refractivity contribution in [2.75, 3.05) is 13.7 Å². The number of aromatic nitrogens is 1. The Kier molecular flexibility index (Phi) is 6.31. The molecule has 0 unspecified atom stereocenters. The van der Waals surface area contributed by atoms with Gasteiger partial charge in [0.15, 0.2) is 0 Å². The number of benzene rings is 1. The molecule has 0 atom stereocenters. The monoisotopic (exact) mass is 327 g/mol. The van der Waals surface area contributed by atoms with Gasteiger partial charge in [-0.3, -0.25) is 14.6 Å². The molecule has 2 N–H and O–H groups in total. The molecule has 0 fully saturated rings. The van der Waals surface area contributed by atoms with Crippen LogP contribution in [0, 0.1) is 0 Å². The Morgan fingerprint density at radius 2 is 1.88 bits per heavy atom. The number of carbonyl (C=O) groups excluding carboxylic acids is 2. The molecule has 0 aliphatic carbocycles. The van der Waals surface area contributed by atoms with Crippen molar-refractivity contribution in [1.29, 1.82) is 0 Å². The van der Waals surface area contributed by atoms with Crippen LogP contribution in [-0.2, 0) is 17.8 Å². The van der Waals surface area contributed by atoms with Crippen LogP contribution < -0.4 is 15.4 Å². The summed E-state index contributed by atoms with van der Waals surface area (Å²) in [6.45, 7) is 2.28. The molecule has 0 bridgehead atoms. The fourth-order valence-corrected chi connectivity index (χ4v) is 2.15. The first-order chi connectivity index (χ1) is 11.6. The molecule has 126 valence electrons. The van der Waals surface area contributed by atoms with E-state index in [1.54, 1.807) is 25.4 Å². The summed E-state index contributed by atoms with van der Waals surface area (Å²) < 4.78 is 5.11. The van der Waals surface area contributed by atoms with Crippen molar-refractivity contribution in [1.82, 2.24) is 15.6 Å². The molecule has 1 aromatic carbocycles. The number of nitrogens with one attached hydrogen (secondary N) is 2. The largest absolute Gasteiger partial charge is 0.497 e. The lowest BCUT2D eigenvalue weighted by atomic mass is 10.1. The second-order valence-corrected chi connectivity index (χ2v) is 5.30. The second-order valence-electron chi connectivity index (χ2n) is 5.30. The maximum atomic E-state index is 12.2. The van der Waals surface area contributed by atoms with Gasteiger partial charge in [-0.25, -0.2) is 0 Å². The Balaban J connectivity index is 1.85. The Labute approximate surface area is 141 Å². The zero-order chi connectivity index (χ0) is 17.4. The fourth-order valence-electron chi connectivity index (χ4n) is 2.15. The molecule has 0 saturated carbocycles. The van der Waals surface area contributed by atoms with E-state index < -0.39 is 0 Å². The van der Waals surface area contributed by atoms with Gasteiger partial charge in [-0.15, -0.1) is 0 Å². The minimum absolute atomic E-state index is 0.133. The van der Waals surface area contributed by atoms with Crippen molar-refractivity contribution in [2.24, 2.45) is 0 Å². The Morgan fingerprint density at radius 1 is 1.12 bits per heavy atom. The summed E-state index contributed by atoms with van der Waals surface area (Å²) in [5, 5.41) is 5.54. The lowest BCUT2D eigenvalue weighted by molar-refractivity contribution is -0.119. The lowest BCUT2D eigenvalue weighted by Gasteiger charge is -2.08. The van der Waals surface area contributed by atoms with Crippen LogP contribution in [0.5, 0.6) is 5.75 Å². The summed E-state index contributed by atoms with van der Waals surface area (Å²) in [6, 6.07) is 11.1. The topological polar surface area (TPSA) is 80.3 Å². The van der Waals surface area contributed by atoms with Gasteiger partial charge >= 0.3 is 0 Å². The van der Waals surface area contributed by atoms with E-state index in [4.69, 9.17) is 4.74 Å². The molecule has 1 aromatic heterocycles. The van der Waals surface area contributed by atoms with Gasteiger partial charge < -0.3 is 15.4 Å². The molecule has 0 aliphatic heterocycles. The van der Waals surface area contributed by atoms with E-state index in [1.165, 1.54) is 6.92 Å². The first-order valence-corrected chi connectivity index (χ1v) is 7.69. The van der Waals surface area contributed by atoms with Crippen molar-refractivity contribution < 1.29 is 14.3 Å². The Hall–Kier alpha value is -2.89. The van der Waals surface area contributed by atoms with Gasteiger partial charge in [-0.1, -0.05) is 12.1 Å². The number of pyridine rings is 1. The molecule has 0 radical (unpaired) electrons. The number of hydrogen-bond donors (Lipinski definition) is 2. The number of hydrogen-bond acceptors (Lipinski definition) is 4. The van der Waals surface area contributed by atoms with E-state index >= 15 is 0 Å². The van der Waals surface area contributed by atoms with Gasteiger partial charge in [0.1, 0.15) is 5.75 Å². The third-order valence-electron chi connectivity index (χ3n) is 3.46. The summed E-state index contributed by atoms with van der Waals surface area (Å²) in [5.41, 5.74) is 2.30. The van der Waals surface area contributed by atoms with Gasteiger partial charge in [-0.05, 0) is 36.2 Å². The number of methoxy groups -OCH3 is 1. The summed E-state index contributed by atoms with van der Waals surface area (Å²) >= 11 is 0. The molecule has 2 amide bonds. The summed E-state index contributed by atoms with van der Waals surface area (Å²) in [5.74, 6) is 0.521. The molecular weight excluding hydrogens is 306 g/mol. The van der Waals surface area contributed by atoms with Crippen LogP contribution in [0.1, 0.15) is 28.5 Å². The maximum absolute atomic E-state index is 12.2. The fraction of sp³-hybridized carbons (Fsp3) is 0.278. The van der Waals surface area contributed by atoms with Crippen molar-refractivity contribution in [3.05, 3.63) is 59.4 Å². The average molecular weight is 327 g/mol. The molecule has 2 rings (SSSR count). The molecular formula is C18H21N3O3. The first kappa shape index (κ1) is 17.5. The second kappa shape index (κ2) is 8.67. The number of nitrogens with zero attached hydrogens (tertiary/aromatic N) is 1. The van der Waals surface area contributed by atoms with E-state index in [0.29, 0.717) is 24.3 Å². The van der Waals surface area contributed by atoms with Crippen molar-refractivity contribution >= 4 is 11.8 Å². The molecule has 6 nitrogen and oxygen atoms in total. The van der Waals surface area contributed by atoms with Gasteiger partial charge in [0, 0.05) is 25.2 Å². The molecule has 0 spiro atoms. The van der Waals surface area contributed by atoms with E-state index in [0.717, 1.165) is 17.7 Å². The van der Waals surface area contributed by atoms with E-state index in [9.17, 15) is 9.59 Å². The highest BCUT2D eigenvalue weighted by Gasteiger charge is 2.07. The first-order valence-electron chi connectivity index (χ1n) is 7.69. The summed E-state index contributed by atoms with van der Waals surface area (Å²) in [7, 11) is 1.63. The summed E-state index contributed by atoms with van der Waals surface area (Å²) in [6.07, 6.45) is 2.30. The Bertz CT molecular complexity index is 699. The number of rotatable bonds is 7. The molecule has 0 aliphatic rings. The van der Waals surface area contributed by atoms with E-state index in [2.05, 4.69) is 15.6 Å². The van der Waals surface area contributed by atoms with E-state index in [-0.39, 0.29) is 11.8 Å². The van der Waals surface area contributed by atoms with Gasteiger partial charge in [-0.2, -0.15) is 0 Å². The van der Waals surface area contributed by atoms with Crippen LogP contribution in [0.2, 0.25) is 0 Å². The average Bonchev–Trinajstić information content (AvgIpc) is 2.60. The highest BCUT2D eigenvalue weighted by Crippen LogP contribution is 2.11. The molecule has 2 aromatic rings. The quantitative estimate of drug-likeness (QED) is 0.811. The van der Waals surface area contributed by atoms with Crippen molar-refractivity contribution in [3.8, 4) is 5.75 Å². The van der Waals surface area contributed by atoms with Gasteiger partial charge in [0.25, 0.3) is 5.91 Å². The van der Waals surface area contributed by atoms with Crippen LogP contribution in [-0.4, -0.2) is 30.5 Å². The third-order valence-corrected chi connectivity index (χ3v) is 3.46. The highest BCUT2D eigenvalue weighted by molar-refractivity contribution is 5.94. The van der Waals surface area contributed by atoms with E-state index in [1.807, 2.05) is 24.3 Å². The number of ether oxygens (including phenoxy) is 1. The van der Waals surface area contributed by atoms with Crippen LogP contribution in [0.15, 0.2) is 42.6 Å². The van der Waals surface area contributed by atoms with Crippen LogP contribution in [0.3, 0.4) is 0 Å². The normalized spacial score (nSPS) is 10.1. The van der Waals surface area contributed by atoms with Crippen LogP contribution in [0.25, 0.3) is 0 Å². The smallest absolute Gasteiger partial charge is 0.251 e. The molecule has 1 heterocycles. The third kappa shape index (κ3) is 5.39. The minimum atomic E-state index is -0.157. The van der Waals surface area contributed by atoms with Gasteiger partial charge in [0.05, 0.1) is 19.3 Å². The highest BCUT2D eigenvalue weighted by atomic mass is 16.5. The standard InChI is InChI=1S/C18H21N3O3/c1-13(22)21-12-16-11-15(8-10-19-16)18(23)20-9-7-14-3-5-17(24-2)6-4-14/h3-6,8,10-11H,7,9,12H2,1-2H3,(H,20,23)(H,21,22). The summed E-state index contributed by atoms with van der Waals surface area (Å²) in [4.78, 5) is 27.2. The Morgan fingerprint density at radius 3 is 2.54 bits per heavy atom. The predicted octanol–water partition coefficient (Wildman–Crippen LogP) is 1.70. The van der Waals surface area contributed by atoms with Crippen LogP contribution in [0.4, 0.5) is 0 Å².